The third-order valence-corrected chi connectivity index (χ3v) is 5.18. The number of halogens is 2. The third kappa shape index (κ3) is 2.01. The van der Waals surface area contributed by atoms with E-state index in [2.05, 4.69) is 30.8 Å². The van der Waals surface area contributed by atoms with E-state index >= 15 is 0 Å². The van der Waals surface area contributed by atoms with Gasteiger partial charge in [0, 0.05) is 6.54 Å². The first-order valence-corrected chi connectivity index (χ1v) is 8.84. The van der Waals surface area contributed by atoms with Crippen LogP contribution in [-0.4, -0.2) is 35.4 Å². The third-order valence-electron chi connectivity index (χ3n) is 4.05. The molecule has 0 aliphatic carbocycles. The van der Waals surface area contributed by atoms with Crippen LogP contribution in [0.25, 0.3) is 10.9 Å². The summed E-state index contributed by atoms with van der Waals surface area (Å²) in [6.07, 6.45) is 4.10. The largest absolute Gasteiger partial charge is 0.491 e. The highest BCUT2D eigenvalue weighted by molar-refractivity contribution is 9.10. The molecule has 0 N–H and O–H groups in total. The van der Waals surface area contributed by atoms with Crippen molar-refractivity contribution in [2.24, 2.45) is 0 Å². The van der Waals surface area contributed by atoms with Gasteiger partial charge in [0.1, 0.15) is 23.7 Å². The minimum atomic E-state index is -0.353. The normalized spacial score (nSPS) is 20.3. The smallest absolute Gasteiger partial charge is 0.189 e. The molecule has 21 heavy (non-hydrogen) atoms. The number of benzene rings is 1. The van der Waals surface area contributed by atoms with Crippen molar-refractivity contribution >= 4 is 44.4 Å². The predicted octanol–water partition coefficient (Wildman–Crippen LogP) is 3.61. The van der Waals surface area contributed by atoms with E-state index in [4.69, 9.17) is 4.74 Å². The van der Waals surface area contributed by atoms with Crippen molar-refractivity contribution < 1.29 is 9.13 Å². The monoisotopic (exact) mass is 369 g/mol. The minimum absolute atomic E-state index is 0.312. The zero-order valence-electron chi connectivity index (χ0n) is 11.4. The molecule has 4 nitrogen and oxygen atoms in total. The number of rotatable bonds is 1. The number of anilines is 1. The Hall–Kier alpha value is -1.08. The lowest BCUT2D eigenvalue weighted by molar-refractivity contribution is 0.295. The molecular formula is C14H13BrFN3OS. The molecule has 1 fully saturated rings. The molecule has 7 heteroatoms. The molecule has 0 spiro atoms. The fraction of sp³-hybridized carbons (Fsp3) is 0.429. The highest BCUT2D eigenvalue weighted by atomic mass is 79.9. The number of hydrogen-bond donors (Lipinski definition) is 0. The van der Waals surface area contributed by atoms with Gasteiger partial charge in [-0.25, -0.2) is 14.4 Å². The molecule has 2 aromatic rings. The second kappa shape index (κ2) is 4.98. The maximum Gasteiger partial charge on any atom is 0.189 e. The summed E-state index contributed by atoms with van der Waals surface area (Å²) in [5.74, 6) is 1.12. The fourth-order valence-electron chi connectivity index (χ4n) is 3.07. The van der Waals surface area contributed by atoms with Crippen LogP contribution in [0.4, 0.5) is 10.2 Å². The van der Waals surface area contributed by atoms with E-state index in [1.54, 1.807) is 6.07 Å². The molecule has 4 rings (SSSR count). The van der Waals surface area contributed by atoms with Gasteiger partial charge in [-0.1, -0.05) is 11.8 Å². The summed E-state index contributed by atoms with van der Waals surface area (Å²) in [5.41, 5.74) is 0.335. The van der Waals surface area contributed by atoms with Gasteiger partial charge in [0.25, 0.3) is 0 Å². The number of nitrogens with zero attached hydrogens (tertiary/aromatic N) is 3. The maximum absolute atomic E-state index is 14.5. The molecule has 2 aliphatic heterocycles. The Morgan fingerprint density at radius 2 is 2.33 bits per heavy atom. The van der Waals surface area contributed by atoms with E-state index in [9.17, 15) is 4.39 Å². The first-order valence-electron chi connectivity index (χ1n) is 6.82. The summed E-state index contributed by atoms with van der Waals surface area (Å²) in [5, 5.41) is 1.28. The van der Waals surface area contributed by atoms with Crippen LogP contribution >= 0.6 is 27.7 Å². The first kappa shape index (κ1) is 13.6. The van der Waals surface area contributed by atoms with Crippen LogP contribution in [0.15, 0.2) is 15.7 Å². The zero-order valence-corrected chi connectivity index (χ0v) is 13.8. The molecule has 0 radical (unpaired) electrons. The van der Waals surface area contributed by atoms with Crippen LogP contribution < -0.4 is 9.64 Å². The molecule has 0 amide bonds. The Kier molecular flexibility index (Phi) is 3.22. The number of thioether (sulfide) groups is 1. The molecule has 0 bridgehead atoms. The number of fused-ring (bicyclic) bond motifs is 2. The quantitative estimate of drug-likeness (QED) is 0.566. The van der Waals surface area contributed by atoms with Gasteiger partial charge in [-0.05, 0) is 41.1 Å². The Balaban J connectivity index is 2.09. The van der Waals surface area contributed by atoms with Crippen molar-refractivity contribution in [2.45, 2.75) is 24.0 Å². The predicted molar refractivity (Wildman–Crippen MR) is 84.8 cm³/mol. The summed E-state index contributed by atoms with van der Waals surface area (Å²) in [7, 11) is 0. The molecule has 1 aromatic carbocycles. The highest BCUT2D eigenvalue weighted by Gasteiger charge is 2.33. The van der Waals surface area contributed by atoms with E-state index in [0.717, 1.165) is 25.2 Å². The molecule has 1 saturated heterocycles. The Labute approximate surface area is 134 Å². The van der Waals surface area contributed by atoms with Gasteiger partial charge in [-0.3, -0.25) is 0 Å². The van der Waals surface area contributed by atoms with Crippen LogP contribution in [-0.2, 0) is 0 Å². The van der Waals surface area contributed by atoms with E-state index in [0.29, 0.717) is 38.9 Å². The summed E-state index contributed by atoms with van der Waals surface area (Å²) in [6.45, 7) is 1.54. The van der Waals surface area contributed by atoms with Crippen molar-refractivity contribution in [3.05, 3.63) is 16.4 Å². The van der Waals surface area contributed by atoms with Gasteiger partial charge in [0.2, 0.25) is 0 Å². The molecule has 110 valence electrons. The van der Waals surface area contributed by atoms with Crippen LogP contribution in [0.1, 0.15) is 12.8 Å². The van der Waals surface area contributed by atoms with Gasteiger partial charge in [-0.2, -0.15) is 0 Å². The average Bonchev–Trinajstić information content (AvgIpc) is 2.91. The molecule has 1 aromatic heterocycles. The fourth-order valence-corrected chi connectivity index (χ4v) is 3.82. The van der Waals surface area contributed by atoms with Crippen molar-refractivity contribution in [3.8, 4) is 5.75 Å². The number of hydrogen-bond acceptors (Lipinski definition) is 5. The molecule has 2 aliphatic rings. The minimum Gasteiger partial charge on any atom is -0.491 e. The van der Waals surface area contributed by atoms with Crippen LogP contribution in [0, 0.1) is 5.82 Å². The van der Waals surface area contributed by atoms with Gasteiger partial charge in [0.05, 0.1) is 15.9 Å². The van der Waals surface area contributed by atoms with Gasteiger partial charge in [0.15, 0.2) is 11.0 Å². The van der Waals surface area contributed by atoms with Crippen molar-refractivity contribution in [2.75, 3.05) is 24.3 Å². The SMILES string of the molecule is CSc1nc2c3c(cc(Br)c(F)c3n1)OC[C@@H]1CCCN21. The van der Waals surface area contributed by atoms with Crippen LogP contribution in [0.3, 0.4) is 0 Å². The van der Waals surface area contributed by atoms with E-state index in [-0.39, 0.29) is 5.82 Å². The van der Waals surface area contributed by atoms with Crippen molar-refractivity contribution in [1.82, 2.24) is 9.97 Å². The second-order valence-corrected chi connectivity index (χ2v) is 6.86. The molecule has 0 unspecified atom stereocenters. The van der Waals surface area contributed by atoms with Crippen LogP contribution in [0.2, 0.25) is 0 Å². The lowest BCUT2D eigenvalue weighted by atomic mass is 10.2. The molecular weight excluding hydrogens is 357 g/mol. The number of ether oxygens (including phenoxy) is 1. The Morgan fingerprint density at radius 3 is 3.14 bits per heavy atom. The average molecular weight is 370 g/mol. The number of aromatic nitrogens is 2. The van der Waals surface area contributed by atoms with E-state index < -0.39 is 0 Å². The van der Waals surface area contributed by atoms with Crippen molar-refractivity contribution in [3.63, 3.8) is 0 Å². The zero-order chi connectivity index (χ0) is 14.6. The topological polar surface area (TPSA) is 38.3 Å². The first-order chi connectivity index (χ1) is 10.2. The lowest BCUT2D eigenvalue weighted by Crippen LogP contribution is -2.33. The van der Waals surface area contributed by atoms with Crippen LogP contribution in [0.5, 0.6) is 5.75 Å². The summed E-state index contributed by atoms with van der Waals surface area (Å²) in [4.78, 5) is 11.2. The summed E-state index contributed by atoms with van der Waals surface area (Å²) in [6, 6.07) is 2.00. The van der Waals surface area contributed by atoms with Gasteiger partial charge < -0.3 is 9.64 Å². The summed E-state index contributed by atoms with van der Waals surface area (Å²) >= 11 is 4.68. The van der Waals surface area contributed by atoms with Crippen molar-refractivity contribution in [1.29, 1.82) is 0 Å². The standard InChI is InChI=1S/C14H13BrFN3OS/c1-21-14-17-12-10-9(5-8(15)11(12)16)20-6-7-3-2-4-19(7)13(10)18-14/h5,7H,2-4,6H2,1H3/t7-/m0/s1. The molecule has 3 heterocycles. The van der Waals surface area contributed by atoms with Gasteiger partial charge in [-0.15, -0.1) is 0 Å². The lowest BCUT2D eigenvalue weighted by Gasteiger charge is -2.23. The second-order valence-electron chi connectivity index (χ2n) is 5.23. The van der Waals surface area contributed by atoms with E-state index in [1.807, 2.05) is 6.26 Å². The van der Waals surface area contributed by atoms with E-state index in [1.165, 1.54) is 11.8 Å². The summed E-state index contributed by atoms with van der Waals surface area (Å²) < 4.78 is 20.8. The molecule has 1 atom stereocenters. The molecule has 0 saturated carbocycles. The highest BCUT2D eigenvalue weighted by Crippen LogP contribution is 2.42. The van der Waals surface area contributed by atoms with Gasteiger partial charge >= 0.3 is 0 Å². The Bertz CT molecular complexity index is 742. The maximum atomic E-state index is 14.5. The Morgan fingerprint density at radius 1 is 1.48 bits per heavy atom.